The maximum atomic E-state index is 12.7. The Morgan fingerprint density at radius 3 is 2.64 bits per heavy atom. The lowest BCUT2D eigenvalue weighted by Gasteiger charge is -2.34. The highest BCUT2D eigenvalue weighted by atomic mass is 16.6. The van der Waals surface area contributed by atoms with Crippen LogP contribution in [-0.2, 0) is 14.3 Å². The van der Waals surface area contributed by atoms with Crippen molar-refractivity contribution in [2.75, 3.05) is 0 Å². The Bertz CT molecular complexity index is 803. The molecule has 2 bridgehead atoms. The molecule has 25 heavy (non-hydrogen) atoms. The number of hydrogen-bond acceptors (Lipinski definition) is 6. The number of ether oxygens (including phenoxy) is 1. The van der Waals surface area contributed by atoms with Gasteiger partial charge in [-0.25, -0.2) is 5.43 Å². The van der Waals surface area contributed by atoms with Gasteiger partial charge in [0.2, 0.25) is 0 Å². The predicted octanol–water partition coefficient (Wildman–Crippen LogP) is 2.17. The van der Waals surface area contributed by atoms with Crippen LogP contribution in [0, 0.1) is 20.9 Å². The van der Waals surface area contributed by atoms with E-state index in [9.17, 15) is 19.7 Å². The first-order valence-electron chi connectivity index (χ1n) is 7.95. The number of carbonyl (C=O) groups is 2. The SMILES string of the molecule is CC12CCC(C(=O)N/N=C/c3cccc([N+](=O)[O-])c3)(OC1=O)C2(C)C. The largest absolute Gasteiger partial charge is 0.448 e. The summed E-state index contributed by atoms with van der Waals surface area (Å²) >= 11 is 0. The Morgan fingerprint density at radius 1 is 1.36 bits per heavy atom. The maximum absolute atomic E-state index is 12.7. The summed E-state index contributed by atoms with van der Waals surface area (Å²) in [5, 5.41) is 14.6. The van der Waals surface area contributed by atoms with Crippen LogP contribution in [-0.4, -0.2) is 28.6 Å². The zero-order valence-electron chi connectivity index (χ0n) is 14.2. The van der Waals surface area contributed by atoms with Crippen LogP contribution in [0.1, 0.15) is 39.2 Å². The summed E-state index contributed by atoms with van der Waals surface area (Å²) in [7, 11) is 0. The number of nitrogens with zero attached hydrogens (tertiary/aromatic N) is 2. The number of nitrogens with one attached hydrogen (secondary N) is 1. The molecule has 132 valence electrons. The molecule has 8 heteroatoms. The monoisotopic (exact) mass is 345 g/mol. The second-order valence-electron chi connectivity index (χ2n) is 7.22. The van der Waals surface area contributed by atoms with Crippen molar-refractivity contribution in [1.29, 1.82) is 0 Å². The molecule has 8 nitrogen and oxygen atoms in total. The topological polar surface area (TPSA) is 111 Å². The van der Waals surface area contributed by atoms with Crippen molar-refractivity contribution < 1.29 is 19.2 Å². The summed E-state index contributed by atoms with van der Waals surface area (Å²) in [6.07, 6.45) is 2.35. The molecule has 1 aliphatic heterocycles. The van der Waals surface area contributed by atoms with Crippen molar-refractivity contribution in [3.05, 3.63) is 39.9 Å². The highest BCUT2D eigenvalue weighted by Gasteiger charge is 2.75. The smallest absolute Gasteiger partial charge is 0.313 e. The van der Waals surface area contributed by atoms with E-state index in [-0.39, 0.29) is 11.7 Å². The second kappa shape index (κ2) is 5.37. The van der Waals surface area contributed by atoms with Crippen LogP contribution < -0.4 is 5.43 Å². The number of nitro groups is 1. The molecule has 0 aromatic heterocycles. The fourth-order valence-corrected chi connectivity index (χ4v) is 3.72. The zero-order chi connectivity index (χ0) is 18.5. The molecule has 1 amide bonds. The first-order chi connectivity index (χ1) is 11.6. The van der Waals surface area contributed by atoms with Crippen molar-refractivity contribution in [1.82, 2.24) is 5.43 Å². The number of nitro benzene ring substituents is 1. The summed E-state index contributed by atoms with van der Waals surface area (Å²) in [5.41, 5.74) is 0.257. The highest BCUT2D eigenvalue weighted by molar-refractivity contribution is 5.96. The molecule has 2 aliphatic rings. The molecule has 1 saturated heterocycles. The van der Waals surface area contributed by atoms with Crippen molar-refractivity contribution >= 4 is 23.8 Å². The Balaban J connectivity index is 1.77. The van der Waals surface area contributed by atoms with Crippen molar-refractivity contribution in [3.8, 4) is 0 Å². The molecule has 1 saturated carbocycles. The first kappa shape index (κ1) is 17.1. The molecule has 0 spiro atoms. The van der Waals surface area contributed by atoms with Crippen LogP contribution in [0.25, 0.3) is 0 Å². The quantitative estimate of drug-likeness (QED) is 0.389. The van der Waals surface area contributed by atoms with Gasteiger partial charge in [0.25, 0.3) is 11.6 Å². The molecular formula is C17H19N3O5. The Morgan fingerprint density at radius 2 is 2.08 bits per heavy atom. The van der Waals surface area contributed by atoms with Crippen LogP contribution in [0.15, 0.2) is 29.4 Å². The Labute approximate surface area is 144 Å². The average molecular weight is 345 g/mol. The van der Waals surface area contributed by atoms with E-state index in [1.165, 1.54) is 24.4 Å². The van der Waals surface area contributed by atoms with E-state index in [2.05, 4.69) is 10.5 Å². The summed E-state index contributed by atoms with van der Waals surface area (Å²) in [5.74, 6) is -0.838. The van der Waals surface area contributed by atoms with Gasteiger partial charge in [-0.05, 0) is 19.8 Å². The van der Waals surface area contributed by atoms with Crippen LogP contribution in [0.5, 0.6) is 0 Å². The van der Waals surface area contributed by atoms with E-state index in [1.54, 1.807) is 6.07 Å². The van der Waals surface area contributed by atoms with Gasteiger partial charge >= 0.3 is 5.97 Å². The molecular weight excluding hydrogens is 326 g/mol. The molecule has 0 radical (unpaired) electrons. The number of esters is 1. The van der Waals surface area contributed by atoms with E-state index in [4.69, 9.17) is 4.74 Å². The number of fused-ring (bicyclic) bond motifs is 2. The number of hydrazone groups is 1. The van der Waals surface area contributed by atoms with Crippen LogP contribution in [0.4, 0.5) is 5.69 Å². The third kappa shape index (κ3) is 2.24. The van der Waals surface area contributed by atoms with Gasteiger partial charge in [-0.1, -0.05) is 26.0 Å². The van der Waals surface area contributed by atoms with Crippen LogP contribution in [0.2, 0.25) is 0 Å². The first-order valence-corrected chi connectivity index (χ1v) is 7.95. The number of hydrogen-bond donors (Lipinski definition) is 1. The van der Waals surface area contributed by atoms with Gasteiger partial charge < -0.3 is 4.74 Å². The minimum Gasteiger partial charge on any atom is -0.448 e. The van der Waals surface area contributed by atoms with Crippen LogP contribution in [0.3, 0.4) is 0 Å². The molecule has 2 atom stereocenters. The number of benzene rings is 1. The summed E-state index contributed by atoms with van der Waals surface area (Å²) in [6.45, 7) is 5.53. The van der Waals surface area contributed by atoms with Gasteiger partial charge in [-0.15, -0.1) is 0 Å². The Hall–Kier alpha value is -2.77. The fraction of sp³-hybridized carbons (Fsp3) is 0.471. The lowest BCUT2D eigenvalue weighted by Crippen LogP contribution is -2.52. The normalized spacial score (nSPS) is 29.6. The standard InChI is InChI=1S/C17H19N3O5/c1-15(2)16(3)7-8-17(15,25-14(16)22)13(21)19-18-10-11-5-4-6-12(9-11)20(23)24/h4-6,9-10H,7-8H2,1-3H3,(H,19,21)/b18-10+. The van der Waals surface area contributed by atoms with Crippen LogP contribution >= 0.6 is 0 Å². The molecule has 1 aliphatic carbocycles. The second-order valence-corrected chi connectivity index (χ2v) is 7.22. The minimum absolute atomic E-state index is 0.0636. The number of carbonyl (C=O) groups excluding carboxylic acids is 2. The number of amides is 1. The molecule has 2 fully saturated rings. The predicted molar refractivity (Wildman–Crippen MR) is 88.8 cm³/mol. The third-order valence-electron chi connectivity index (χ3n) is 5.91. The minimum atomic E-state index is -1.24. The van der Waals surface area contributed by atoms with Gasteiger partial charge in [0.15, 0.2) is 5.60 Å². The van der Waals surface area contributed by atoms with E-state index in [0.29, 0.717) is 18.4 Å². The summed E-state index contributed by atoms with van der Waals surface area (Å²) < 4.78 is 5.47. The molecule has 2 unspecified atom stereocenters. The molecule has 1 N–H and O–H groups in total. The zero-order valence-corrected chi connectivity index (χ0v) is 14.2. The van der Waals surface area contributed by atoms with E-state index in [1.807, 2.05) is 20.8 Å². The molecule has 1 heterocycles. The number of rotatable bonds is 4. The van der Waals surface area contributed by atoms with Gasteiger partial charge in [-0.2, -0.15) is 5.10 Å². The lowest BCUT2D eigenvalue weighted by atomic mass is 9.66. The van der Waals surface area contributed by atoms with Gasteiger partial charge in [0, 0.05) is 23.1 Å². The average Bonchev–Trinajstić information content (AvgIpc) is 2.85. The van der Waals surface area contributed by atoms with Gasteiger partial charge in [-0.3, -0.25) is 19.7 Å². The van der Waals surface area contributed by atoms with Crippen molar-refractivity contribution in [2.45, 2.75) is 39.2 Å². The Kier molecular flexibility index (Phi) is 3.66. The maximum Gasteiger partial charge on any atom is 0.313 e. The molecule has 3 rings (SSSR count). The van der Waals surface area contributed by atoms with Crippen molar-refractivity contribution in [3.63, 3.8) is 0 Å². The summed E-state index contributed by atoms with van der Waals surface area (Å²) in [4.78, 5) is 35.1. The van der Waals surface area contributed by atoms with Crippen molar-refractivity contribution in [2.24, 2.45) is 15.9 Å². The summed E-state index contributed by atoms with van der Waals surface area (Å²) in [6, 6.07) is 5.88. The van der Waals surface area contributed by atoms with Gasteiger partial charge in [0.05, 0.1) is 16.6 Å². The molecule has 1 aromatic carbocycles. The van der Waals surface area contributed by atoms with E-state index < -0.39 is 27.3 Å². The number of non-ortho nitro benzene ring substituents is 1. The van der Waals surface area contributed by atoms with Gasteiger partial charge in [0.1, 0.15) is 0 Å². The fourth-order valence-electron chi connectivity index (χ4n) is 3.72. The molecule has 1 aromatic rings. The van der Waals surface area contributed by atoms with E-state index in [0.717, 1.165) is 0 Å². The van der Waals surface area contributed by atoms with E-state index >= 15 is 0 Å². The third-order valence-corrected chi connectivity index (χ3v) is 5.91. The lowest BCUT2D eigenvalue weighted by molar-refractivity contribution is -0.384. The highest BCUT2D eigenvalue weighted by Crippen LogP contribution is 2.65.